The number of benzene rings is 1. The summed E-state index contributed by atoms with van der Waals surface area (Å²) in [5.41, 5.74) is 0.594. The van der Waals surface area contributed by atoms with E-state index in [1.165, 1.54) is 12.1 Å². The van der Waals surface area contributed by atoms with Gasteiger partial charge in [0.15, 0.2) is 0 Å². The fraction of sp³-hybridized carbons (Fsp3) is 0.571. The number of aliphatic hydroxyl groups is 2. The maximum atomic E-state index is 13.1. The molecule has 0 radical (unpaired) electrons. The Kier molecular flexibility index (Phi) is 4.66. The second-order valence-electron chi connectivity index (χ2n) is 4.60. The van der Waals surface area contributed by atoms with E-state index in [1.807, 2.05) is 20.8 Å². The first-order chi connectivity index (χ1) is 7.92. The van der Waals surface area contributed by atoms with Gasteiger partial charge in [0.25, 0.3) is 0 Å². The Morgan fingerprint density at radius 2 is 1.88 bits per heavy atom. The van der Waals surface area contributed by atoms with Crippen molar-refractivity contribution in [1.82, 2.24) is 0 Å². The van der Waals surface area contributed by atoms with Crippen LogP contribution in [-0.4, -0.2) is 21.9 Å². The Bertz CT molecular complexity index is 372. The summed E-state index contributed by atoms with van der Waals surface area (Å²) in [5.74, 6) is -0.311. The predicted octanol–water partition coefficient (Wildman–Crippen LogP) is 2.59. The van der Waals surface area contributed by atoms with Crippen LogP contribution in [0.4, 0.5) is 4.39 Å². The Hall–Kier alpha value is -0.930. The highest BCUT2D eigenvalue weighted by Crippen LogP contribution is 2.24. The third kappa shape index (κ3) is 3.27. The SMILES string of the molecule is CCC(O)(CC)C(O)Cc1cc(F)ccc1C. The monoisotopic (exact) mass is 240 g/mol. The maximum absolute atomic E-state index is 13.1. The molecule has 1 aromatic rings. The van der Waals surface area contributed by atoms with Gasteiger partial charge in [0.2, 0.25) is 0 Å². The fourth-order valence-electron chi connectivity index (χ4n) is 1.98. The largest absolute Gasteiger partial charge is 0.390 e. The first-order valence-corrected chi connectivity index (χ1v) is 6.08. The third-order valence-corrected chi connectivity index (χ3v) is 3.57. The van der Waals surface area contributed by atoms with Crippen LogP contribution in [0.15, 0.2) is 18.2 Å². The minimum Gasteiger partial charge on any atom is -0.390 e. The molecule has 0 amide bonds. The van der Waals surface area contributed by atoms with Gasteiger partial charge in [-0.1, -0.05) is 19.9 Å². The molecule has 0 aromatic heterocycles. The van der Waals surface area contributed by atoms with Gasteiger partial charge in [-0.05, 0) is 43.0 Å². The average molecular weight is 240 g/mol. The van der Waals surface area contributed by atoms with Crippen LogP contribution in [0.5, 0.6) is 0 Å². The highest BCUT2D eigenvalue weighted by atomic mass is 19.1. The van der Waals surface area contributed by atoms with Crippen LogP contribution in [0.1, 0.15) is 37.8 Å². The zero-order valence-electron chi connectivity index (χ0n) is 10.7. The molecule has 0 heterocycles. The quantitative estimate of drug-likeness (QED) is 0.830. The molecule has 2 N–H and O–H groups in total. The number of halogens is 1. The smallest absolute Gasteiger partial charge is 0.123 e. The summed E-state index contributed by atoms with van der Waals surface area (Å²) >= 11 is 0. The molecule has 1 unspecified atom stereocenters. The molecule has 0 saturated heterocycles. The molecule has 0 aliphatic heterocycles. The van der Waals surface area contributed by atoms with Crippen LogP contribution in [0.2, 0.25) is 0 Å². The minimum absolute atomic E-state index is 0.280. The molecular formula is C14H21FO2. The summed E-state index contributed by atoms with van der Waals surface area (Å²) in [5, 5.41) is 20.2. The second kappa shape index (κ2) is 5.61. The Balaban J connectivity index is 2.87. The van der Waals surface area contributed by atoms with E-state index >= 15 is 0 Å². The van der Waals surface area contributed by atoms with Crippen LogP contribution in [0.3, 0.4) is 0 Å². The molecule has 0 spiro atoms. The van der Waals surface area contributed by atoms with Crippen LogP contribution in [0.25, 0.3) is 0 Å². The van der Waals surface area contributed by atoms with Crippen LogP contribution in [-0.2, 0) is 6.42 Å². The van der Waals surface area contributed by atoms with Crippen LogP contribution in [0, 0.1) is 12.7 Å². The topological polar surface area (TPSA) is 40.5 Å². The number of hydrogen-bond donors (Lipinski definition) is 2. The summed E-state index contributed by atoms with van der Waals surface area (Å²) < 4.78 is 13.1. The van der Waals surface area contributed by atoms with Crippen molar-refractivity contribution in [3.8, 4) is 0 Å². The molecule has 1 atom stereocenters. The molecule has 0 fully saturated rings. The van der Waals surface area contributed by atoms with Gasteiger partial charge in [0, 0.05) is 6.42 Å². The van der Waals surface area contributed by atoms with Crippen molar-refractivity contribution < 1.29 is 14.6 Å². The summed E-state index contributed by atoms with van der Waals surface area (Å²) in [7, 11) is 0. The van der Waals surface area contributed by atoms with Gasteiger partial charge in [-0.15, -0.1) is 0 Å². The van der Waals surface area contributed by atoms with Gasteiger partial charge in [-0.3, -0.25) is 0 Å². The van der Waals surface area contributed by atoms with Gasteiger partial charge in [-0.25, -0.2) is 4.39 Å². The average Bonchev–Trinajstić information content (AvgIpc) is 2.32. The summed E-state index contributed by atoms with van der Waals surface area (Å²) in [6.07, 6.45) is 0.387. The molecule has 2 nitrogen and oxygen atoms in total. The zero-order chi connectivity index (χ0) is 13.1. The van der Waals surface area contributed by atoms with Gasteiger partial charge in [0.1, 0.15) is 5.82 Å². The van der Waals surface area contributed by atoms with E-state index in [9.17, 15) is 14.6 Å². The lowest BCUT2D eigenvalue weighted by Gasteiger charge is -2.31. The molecular weight excluding hydrogens is 219 g/mol. The highest BCUT2D eigenvalue weighted by Gasteiger charge is 2.32. The van der Waals surface area contributed by atoms with Gasteiger partial charge in [-0.2, -0.15) is 0 Å². The molecule has 0 aliphatic rings. The normalized spacial score (nSPS) is 13.8. The van der Waals surface area contributed by atoms with Crippen molar-refractivity contribution in [2.24, 2.45) is 0 Å². The molecule has 0 saturated carbocycles. The predicted molar refractivity (Wildman–Crippen MR) is 66.4 cm³/mol. The lowest BCUT2D eigenvalue weighted by atomic mass is 9.86. The highest BCUT2D eigenvalue weighted by molar-refractivity contribution is 5.27. The van der Waals surface area contributed by atoms with E-state index in [1.54, 1.807) is 6.07 Å². The number of hydrogen-bond acceptors (Lipinski definition) is 2. The van der Waals surface area contributed by atoms with Gasteiger partial charge in [0.05, 0.1) is 11.7 Å². The second-order valence-corrected chi connectivity index (χ2v) is 4.60. The van der Waals surface area contributed by atoms with E-state index in [4.69, 9.17) is 0 Å². The van der Waals surface area contributed by atoms with Crippen LogP contribution >= 0.6 is 0 Å². The van der Waals surface area contributed by atoms with E-state index in [0.29, 0.717) is 12.8 Å². The standard InChI is InChI=1S/C14H21FO2/c1-4-14(17,5-2)13(16)9-11-8-12(15)7-6-10(11)3/h6-8,13,16-17H,4-5,9H2,1-3H3. The lowest BCUT2D eigenvalue weighted by Crippen LogP contribution is -2.42. The number of aliphatic hydroxyl groups excluding tert-OH is 1. The molecule has 0 bridgehead atoms. The number of rotatable bonds is 5. The molecule has 1 aromatic carbocycles. The lowest BCUT2D eigenvalue weighted by molar-refractivity contribution is -0.0790. The zero-order valence-corrected chi connectivity index (χ0v) is 10.7. The summed E-state index contributed by atoms with van der Waals surface area (Å²) in [6, 6.07) is 4.51. The van der Waals surface area contributed by atoms with Crippen molar-refractivity contribution in [2.75, 3.05) is 0 Å². The van der Waals surface area contributed by atoms with E-state index < -0.39 is 11.7 Å². The first-order valence-electron chi connectivity index (χ1n) is 6.08. The first kappa shape index (κ1) is 14.1. The van der Waals surface area contributed by atoms with Crippen molar-refractivity contribution in [3.05, 3.63) is 35.1 Å². The van der Waals surface area contributed by atoms with Gasteiger partial charge >= 0.3 is 0 Å². The maximum Gasteiger partial charge on any atom is 0.123 e. The minimum atomic E-state index is -1.08. The Labute approximate surface area is 102 Å². The Morgan fingerprint density at radius 3 is 2.41 bits per heavy atom. The van der Waals surface area contributed by atoms with Crippen molar-refractivity contribution >= 4 is 0 Å². The van der Waals surface area contributed by atoms with Crippen LogP contribution < -0.4 is 0 Å². The van der Waals surface area contributed by atoms with Gasteiger partial charge < -0.3 is 10.2 Å². The number of aryl methyl sites for hydroxylation is 1. The molecule has 3 heteroatoms. The van der Waals surface area contributed by atoms with Crippen molar-refractivity contribution in [1.29, 1.82) is 0 Å². The van der Waals surface area contributed by atoms with E-state index in [2.05, 4.69) is 0 Å². The molecule has 1 rings (SSSR count). The summed E-state index contributed by atoms with van der Waals surface area (Å²) in [6.45, 7) is 5.55. The molecule has 17 heavy (non-hydrogen) atoms. The molecule has 96 valence electrons. The fourth-order valence-corrected chi connectivity index (χ4v) is 1.98. The Morgan fingerprint density at radius 1 is 1.29 bits per heavy atom. The van der Waals surface area contributed by atoms with Crippen molar-refractivity contribution in [2.45, 2.75) is 51.7 Å². The third-order valence-electron chi connectivity index (χ3n) is 3.57. The molecule has 0 aliphatic carbocycles. The van der Waals surface area contributed by atoms with E-state index in [0.717, 1.165) is 11.1 Å². The summed E-state index contributed by atoms with van der Waals surface area (Å²) in [4.78, 5) is 0. The van der Waals surface area contributed by atoms with Crippen molar-refractivity contribution in [3.63, 3.8) is 0 Å². The van der Waals surface area contributed by atoms with E-state index in [-0.39, 0.29) is 12.2 Å².